The van der Waals surface area contributed by atoms with Crippen molar-refractivity contribution >= 4 is 35.1 Å². The van der Waals surface area contributed by atoms with E-state index >= 15 is 0 Å². The first-order chi connectivity index (χ1) is 16.3. The van der Waals surface area contributed by atoms with Crippen LogP contribution in [0.1, 0.15) is 31.9 Å². The molecule has 1 aromatic heterocycles. The molecule has 8 heteroatoms. The maximum Gasteiger partial charge on any atom is 0.229 e. The van der Waals surface area contributed by atoms with Crippen LogP contribution >= 0.6 is 11.9 Å². The van der Waals surface area contributed by atoms with E-state index in [1.54, 1.807) is 11.9 Å². The van der Waals surface area contributed by atoms with Gasteiger partial charge in [-0.2, -0.15) is 4.98 Å². The second kappa shape index (κ2) is 11.2. The zero-order chi connectivity index (χ0) is 24.0. The number of aromatic nitrogens is 2. The summed E-state index contributed by atoms with van der Waals surface area (Å²) >= 11 is 1.63. The quantitative estimate of drug-likeness (QED) is 0.367. The first kappa shape index (κ1) is 24.5. The van der Waals surface area contributed by atoms with Crippen LogP contribution in [0.5, 0.6) is 0 Å². The standard InChI is InChI=1S/C26H34N6OS/c1-19-17-27-25(29-21-10-8-20(9-11-21)18-32-12-14-33-15-13-32)30-24(19)28-22-6-5-7-23(16-22)34-31-26(2,3)4/h5-11,16-17,31H,12-15,18H2,1-4H3,(H2,27,28,29,30). The fraction of sp³-hybridized carbons (Fsp3) is 0.385. The molecule has 1 aliphatic heterocycles. The summed E-state index contributed by atoms with van der Waals surface area (Å²) in [6, 6.07) is 16.8. The van der Waals surface area contributed by atoms with Gasteiger partial charge in [-0.1, -0.05) is 18.2 Å². The van der Waals surface area contributed by atoms with Crippen molar-refractivity contribution in [1.29, 1.82) is 0 Å². The van der Waals surface area contributed by atoms with Gasteiger partial charge in [0, 0.05) is 53.2 Å². The van der Waals surface area contributed by atoms with E-state index in [1.807, 2.05) is 25.3 Å². The lowest BCUT2D eigenvalue weighted by Gasteiger charge is -2.26. The number of nitrogens with zero attached hydrogens (tertiary/aromatic N) is 3. The minimum atomic E-state index is 0.0403. The van der Waals surface area contributed by atoms with E-state index in [-0.39, 0.29) is 5.54 Å². The highest BCUT2D eigenvalue weighted by Crippen LogP contribution is 2.25. The summed E-state index contributed by atoms with van der Waals surface area (Å²) in [5.74, 6) is 1.35. The van der Waals surface area contributed by atoms with Crippen LogP contribution in [0.4, 0.5) is 23.1 Å². The van der Waals surface area contributed by atoms with Gasteiger partial charge in [0.1, 0.15) is 5.82 Å². The van der Waals surface area contributed by atoms with Gasteiger partial charge in [0.2, 0.25) is 5.95 Å². The fourth-order valence-electron chi connectivity index (χ4n) is 3.45. The van der Waals surface area contributed by atoms with Crippen LogP contribution in [0.2, 0.25) is 0 Å². The van der Waals surface area contributed by atoms with Crippen molar-refractivity contribution in [1.82, 2.24) is 19.6 Å². The summed E-state index contributed by atoms with van der Waals surface area (Å²) < 4.78 is 8.88. The summed E-state index contributed by atoms with van der Waals surface area (Å²) in [7, 11) is 0. The van der Waals surface area contributed by atoms with Crippen LogP contribution in [0.25, 0.3) is 0 Å². The Balaban J connectivity index is 1.39. The second-order valence-corrected chi connectivity index (χ2v) is 10.4. The predicted molar refractivity (Wildman–Crippen MR) is 141 cm³/mol. The van der Waals surface area contributed by atoms with Crippen LogP contribution in [-0.2, 0) is 11.3 Å². The molecular formula is C26H34N6OS. The Morgan fingerprint density at radius 3 is 2.50 bits per heavy atom. The topological polar surface area (TPSA) is 74.3 Å². The summed E-state index contributed by atoms with van der Waals surface area (Å²) in [5, 5.41) is 6.77. The van der Waals surface area contributed by atoms with E-state index in [2.05, 4.69) is 82.4 Å². The van der Waals surface area contributed by atoms with Crippen LogP contribution in [-0.4, -0.2) is 46.7 Å². The Morgan fingerprint density at radius 2 is 1.76 bits per heavy atom. The summed E-state index contributed by atoms with van der Waals surface area (Å²) in [5.41, 5.74) is 4.27. The molecule has 2 heterocycles. The summed E-state index contributed by atoms with van der Waals surface area (Å²) in [6.45, 7) is 13.0. The molecule has 7 nitrogen and oxygen atoms in total. The molecule has 0 spiro atoms. The Kier molecular flexibility index (Phi) is 8.05. The van der Waals surface area contributed by atoms with Crippen LogP contribution < -0.4 is 15.4 Å². The number of anilines is 4. The van der Waals surface area contributed by atoms with Gasteiger partial charge in [-0.15, -0.1) is 0 Å². The Labute approximate surface area is 206 Å². The van der Waals surface area contributed by atoms with Gasteiger partial charge >= 0.3 is 0 Å². The van der Waals surface area contributed by atoms with E-state index in [9.17, 15) is 0 Å². The van der Waals surface area contributed by atoms with Gasteiger partial charge in [0.25, 0.3) is 0 Å². The number of rotatable bonds is 8. The van der Waals surface area contributed by atoms with Gasteiger partial charge in [-0.3, -0.25) is 9.62 Å². The molecule has 4 rings (SSSR count). The van der Waals surface area contributed by atoms with Crippen molar-refractivity contribution in [3.63, 3.8) is 0 Å². The number of ether oxygens (including phenoxy) is 1. The highest BCUT2D eigenvalue weighted by molar-refractivity contribution is 7.97. The van der Waals surface area contributed by atoms with Crippen LogP contribution in [0.15, 0.2) is 59.6 Å². The number of hydrogen-bond acceptors (Lipinski definition) is 8. The lowest BCUT2D eigenvalue weighted by Crippen LogP contribution is -2.35. The molecule has 0 radical (unpaired) electrons. The highest BCUT2D eigenvalue weighted by Gasteiger charge is 2.12. The van der Waals surface area contributed by atoms with E-state index in [0.717, 1.165) is 60.5 Å². The molecule has 0 atom stereocenters. The van der Waals surface area contributed by atoms with Gasteiger partial charge in [0.05, 0.1) is 13.2 Å². The molecule has 0 saturated carbocycles. The Bertz CT molecular complexity index is 1080. The maximum absolute atomic E-state index is 5.43. The molecule has 0 aliphatic carbocycles. The van der Waals surface area contributed by atoms with Gasteiger partial charge in [0.15, 0.2) is 0 Å². The van der Waals surface area contributed by atoms with Crippen molar-refractivity contribution in [3.8, 4) is 0 Å². The third kappa shape index (κ3) is 7.43. The fourth-order valence-corrected chi connectivity index (χ4v) is 4.21. The van der Waals surface area contributed by atoms with Crippen molar-refractivity contribution in [2.45, 2.75) is 44.7 Å². The lowest BCUT2D eigenvalue weighted by atomic mass is 10.1. The molecule has 0 amide bonds. The van der Waals surface area contributed by atoms with Gasteiger partial charge < -0.3 is 15.4 Å². The average Bonchev–Trinajstić information content (AvgIpc) is 2.82. The lowest BCUT2D eigenvalue weighted by molar-refractivity contribution is 0.0342. The van der Waals surface area contributed by atoms with Crippen LogP contribution in [0.3, 0.4) is 0 Å². The molecule has 0 bridgehead atoms. The summed E-state index contributed by atoms with van der Waals surface area (Å²) in [6.07, 6.45) is 1.84. The largest absolute Gasteiger partial charge is 0.379 e. The third-order valence-corrected chi connectivity index (χ3v) is 6.47. The monoisotopic (exact) mass is 478 g/mol. The SMILES string of the molecule is Cc1cnc(Nc2ccc(CN3CCOCC3)cc2)nc1Nc1cccc(SNC(C)(C)C)c1. The minimum absolute atomic E-state index is 0.0403. The first-order valence-corrected chi connectivity index (χ1v) is 12.5. The second-order valence-electron chi connectivity index (χ2n) is 9.54. The third-order valence-electron chi connectivity index (χ3n) is 5.26. The Morgan fingerprint density at radius 1 is 1.00 bits per heavy atom. The van der Waals surface area contributed by atoms with Crippen molar-refractivity contribution < 1.29 is 4.74 Å². The molecule has 3 aromatic rings. The molecule has 1 aliphatic rings. The normalized spacial score (nSPS) is 14.7. The van der Waals surface area contributed by atoms with E-state index < -0.39 is 0 Å². The smallest absolute Gasteiger partial charge is 0.229 e. The molecule has 180 valence electrons. The maximum atomic E-state index is 5.43. The summed E-state index contributed by atoms with van der Waals surface area (Å²) in [4.78, 5) is 12.7. The van der Waals surface area contributed by atoms with Gasteiger partial charge in [-0.05, 0) is 75.5 Å². The number of nitrogens with one attached hydrogen (secondary N) is 3. The molecule has 2 aromatic carbocycles. The van der Waals surface area contributed by atoms with E-state index in [0.29, 0.717) is 5.95 Å². The number of morpholine rings is 1. The molecule has 1 saturated heterocycles. The average molecular weight is 479 g/mol. The Hall–Kier alpha value is -2.65. The molecule has 34 heavy (non-hydrogen) atoms. The molecule has 1 fully saturated rings. The zero-order valence-corrected chi connectivity index (χ0v) is 21.2. The van der Waals surface area contributed by atoms with Crippen molar-refractivity contribution in [2.24, 2.45) is 0 Å². The number of hydrogen-bond donors (Lipinski definition) is 3. The van der Waals surface area contributed by atoms with Gasteiger partial charge in [-0.25, -0.2) is 4.98 Å². The number of benzene rings is 2. The zero-order valence-electron chi connectivity index (χ0n) is 20.4. The number of aryl methyl sites for hydroxylation is 1. The molecule has 0 unspecified atom stereocenters. The predicted octanol–water partition coefficient (Wildman–Crippen LogP) is 5.50. The molecular weight excluding hydrogens is 444 g/mol. The minimum Gasteiger partial charge on any atom is -0.379 e. The van der Waals surface area contributed by atoms with Crippen LogP contribution in [0, 0.1) is 6.92 Å². The highest BCUT2D eigenvalue weighted by atomic mass is 32.2. The van der Waals surface area contributed by atoms with Crippen molar-refractivity contribution in [2.75, 3.05) is 36.9 Å². The van der Waals surface area contributed by atoms with Crippen molar-refractivity contribution in [3.05, 3.63) is 65.9 Å². The first-order valence-electron chi connectivity index (χ1n) is 11.6. The molecule has 3 N–H and O–H groups in total. The van der Waals surface area contributed by atoms with E-state index in [1.165, 1.54) is 5.56 Å². The van der Waals surface area contributed by atoms with E-state index in [4.69, 9.17) is 9.72 Å².